The van der Waals surface area contributed by atoms with E-state index in [2.05, 4.69) is 59.6 Å². The SMILES string of the molecule is C1=N/C=C\OB(c2ccc(-c3ccccc3)c3ccccc23)OC1. The lowest BCUT2D eigenvalue weighted by molar-refractivity contribution is 0.297. The van der Waals surface area contributed by atoms with Gasteiger partial charge < -0.3 is 9.31 Å². The lowest BCUT2D eigenvalue weighted by Crippen LogP contribution is -2.37. The van der Waals surface area contributed by atoms with Crippen molar-refractivity contribution in [1.29, 1.82) is 0 Å². The quantitative estimate of drug-likeness (QED) is 0.674. The molecule has 3 nitrogen and oxygen atoms in total. The molecule has 4 rings (SSSR count). The predicted molar refractivity (Wildman–Crippen MR) is 99.4 cm³/mol. The van der Waals surface area contributed by atoms with Gasteiger partial charge >= 0.3 is 7.12 Å². The summed E-state index contributed by atoms with van der Waals surface area (Å²) in [7, 11) is -0.442. The van der Waals surface area contributed by atoms with Crippen molar-refractivity contribution in [1.82, 2.24) is 0 Å². The normalized spacial score (nSPS) is 15.6. The molecule has 0 saturated heterocycles. The lowest BCUT2D eigenvalue weighted by Gasteiger charge is -2.17. The van der Waals surface area contributed by atoms with E-state index in [4.69, 9.17) is 9.31 Å². The number of fused-ring (bicyclic) bond motifs is 1. The second-order valence-electron chi connectivity index (χ2n) is 5.53. The van der Waals surface area contributed by atoms with Gasteiger partial charge in [-0.2, -0.15) is 0 Å². The number of rotatable bonds is 2. The first-order chi connectivity index (χ1) is 11.9. The maximum atomic E-state index is 5.80. The van der Waals surface area contributed by atoms with E-state index in [1.54, 1.807) is 18.7 Å². The molecule has 24 heavy (non-hydrogen) atoms. The van der Waals surface area contributed by atoms with Crippen molar-refractivity contribution in [3.8, 4) is 11.1 Å². The number of hydrogen-bond acceptors (Lipinski definition) is 3. The van der Waals surface area contributed by atoms with Crippen LogP contribution in [-0.2, 0) is 9.31 Å². The number of nitrogens with zero attached hydrogens (tertiary/aromatic N) is 1. The van der Waals surface area contributed by atoms with Gasteiger partial charge in [-0.1, -0.05) is 66.7 Å². The Balaban J connectivity index is 1.84. The molecule has 1 aliphatic heterocycles. The zero-order valence-electron chi connectivity index (χ0n) is 13.1. The standard InChI is InChI=1S/C20H16BNO2/c1-2-6-16(7-3-1)17-10-11-20(19-9-5-4-8-18(17)19)21-23-14-12-22-13-15-24-21/h1-14H,15H2/b14-12-,22-13?. The predicted octanol–water partition coefficient (Wildman–Crippen LogP) is 3.79. The fourth-order valence-electron chi connectivity index (χ4n) is 2.98. The fourth-order valence-corrected chi connectivity index (χ4v) is 2.98. The van der Waals surface area contributed by atoms with Crippen LogP contribution in [0.2, 0.25) is 0 Å². The van der Waals surface area contributed by atoms with Gasteiger partial charge in [-0.25, -0.2) is 0 Å². The van der Waals surface area contributed by atoms with Crippen LogP contribution in [0.4, 0.5) is 0 Å². The highest BCUT2D eigenvalue weighted by atomic mass is 16.6. The van der Waals surface area contributed by atoms with E-state index in [0.717, 1.165) is 10.8 Å². The average Bonchev–Trinajstić information content (AvgIpc) is 2.62. The van der Waals surface area contributed by atoms with Crippen molar-refractivity contribution in [2.75, 3.05) is 6.61 Å². The molecule has 0 spiro atoms. The molecule has 0 fully saturated rings. The summed E-state index contributed by atoms with van der Waals surface area (Å²) >= 11 is 0. The number of aliphatic imine (C=N–C) groups is 1. The van der Waals surface area contributed by atoms with E-state index in [9.17, 15) is 0 Å². The largest absolute Gasteiger partial charge is 0.563 e. The molecular weight excluding hydrogens is 297 g/mol. The summed E-state index contributed by atoms with van der Waals surface area (Å²) in [6, 6.07) is 23.0. The third-order valence-corrected chi connectivity index (χ3v) is 4.07. The average molecular weight is 313 g/mol. The molecule has 0 atom stereocenters. The molecule has 4 heteroatoms. The van der Waals surface area contributed by atoms with Gasteiger partial charge in [0.2, 0.25) is 0 Å². The number of benzene rings is 3. The Kier molecular flexibility index (Phi) is 4.13. The molecule has 0 radical (unpaired) electrons. The minimum Gasteiger partial charge on any atom is -0.537 e. The van der Waals surface area contributed by atoms with Crippen molar-refractivity contribution in [3.63, 3.8) is 0 Å². The Morgan fingerprint density at radius 2 is 1.62 bits per heavy atom. The topological polar surface area (TPSA) is 30.8 Å². The Bertz CT molecular complexity index is 906. The van der Waals surface area contributed by atoms with Crippen LogP contribution in [0, 0.1) is 0 Å². The van der Waals surface area contributed by atoms with E-state index in [1.165, 1.54) is 16.5 Å². The smallest absolute Gasteiger partial charge is 0.537 e. The van der Waals surface area contributed by atoms with E-state index in [1.807, 2.05) is 12.1 Å². The molecule has 0 N–H and O–H groups in total. The molecule has 0 saturated carbocycles. The summed E-state index contributed by atoms with van der Waals surface area (Å²) in [6.45, 7) is 0.420. The summed E-state index contributed by atoms with van der Waals surface area (Å²) in [5.74, 6) is 0. The third kappa shape index (κ3) is 2.84. The minimum absolute atomic E-state index is 0.420. The van der Waals surface area contributed by atoms with Crippen LogP contribution in [0.15, 0.2) is 84.2 Å². The van der Waals surface area contributed by atoms with Crippen molar-refractivity contribution in [2.45, 2.75) is 0 Å². The summed E-state index contributed by atoms with van der Waals surface area (Å²) < 4.78 is 11.5. The second-order valence-corrected chi connectivity index (χ2v) is 5.53. The van der Waals surface area contributed by atoms with Crippen molar-refractivity contribution in [2.24, 2.45) is 4.99 Å². The minimum atomic E-state index is -0.442. The van der Waals surface area contributed by atoms with Crippen LogP contribution < -0.4 is 5.46 Å². The monoisotopic (exact) mass is 313 g/mol. The van der Waals surface area contributed by atoms with Crippen LogP contribution in [-0.4, -0.2) is 19.9 Å². The van der Waals surface area contributed by atoms with E-state index < -0.39 is 7.12 Å². The molecule has 1 aliphatic rings. The van der Waals surface area contributed by atoms with Gasteiger partial charge in [0, 0.05) is 11.7 Å². The second kappa shape index (κ2) is 6.73. The Labute approximate surface area is 141 Å². The summed E-state index contributed by atoms with van der Waals surface area (Å²) in [6.07, 6.45) is 4.93. The van der Waals surface area contributed by atoms with E-state index in [0.29, 0.717) is 6.61 Å². The van der Waals surface area contributed by atoms with Gasteiger partial charge in [-0.15, -0.1) is 0 Å². The van der Waals surface area contributed by atoms with E-state index in [-0.39, 0.29) is 0 Å². The van der Waals surface area contributed by atoms with Gasteiger partial charge in [-0.05, 0) is 21.9 Å². The first-order valence-corrected chi connectivity index (χ1v) is 7.94. The first kappa shape index (κ1) is 14.7. The van der Waals surface area contributed by atoms with Crippen molar-refractivity contribution < 1.29 is 9.31 Å². The molecule has 0 bridgehead atoms. The lowest BCUT2D eigenvalue weighted by atomic mass is 9.74. The Morgan fingerprint density at radius 3 is 2.50 bits per heavy atom. The van der Waals surface area contributed by atoms with Crippen LogP contribution >= 0.6 is 0 Å². The zero-order chi connectivity index (χ0) is 16.2. The maximum absolute atomic E-state index is 5.80. The molecule has 1 heterocycles. The van der Waals surface area contributed by atoms with Crippen LogP contribution in [0.3, 0.4) is 0 Å². The van der Waals surface area contributed by atoms with Crippen LogP contribution in [0.25, 0.3) is 21.9 Å². The van der Waals surface area contributed by atoms with Gasteiger partial charge in [0.1, 0.15) is 0 Å². The fraction of sp³-hybridized carbons (Fsp3) is 0.0500. The van der Waals surface area contributed by atoms with Crippen molar-refractivity contribution >= 4 is 29.6 Å². The number of hydrogen-bond donors (Lipinski definition) is 0. The maximum Gasteiger partial charge on any atom is 0.563 e. The van der Waals surface area contributed by atoms with Gasteiger partial charge in [-0.3, -0.25) is 4.99 Å². The molecule has 3 aromatic carbocycles. The van der Waals surface area contributed by atoms with Gasteiger partial charge in [0.15, 0.2) is 0 Å². The van der Waals surface area contributed by atoms with Crippen molar-refractivity contribution in [3.05, 3.63) is 79.2 Å². The van der Waals surface area contributed by atoms with Crippen LogP contribution in [0.1, 0.15) is 0 Å². The summed E-state index contributed by atoms with van der Waals surface area (Å²) in [5.41, 5.74) is 3.43. The Hall–Kier alpha value is -2.85. The highest BCUT2D eigenvalue weighted by Gasteiger charge is 2.25. The summed E-state index contributed by atoms with van der Waals surface area (Å²) in [5, 5.41) is 2.32. The van der Waals surface area contributed by atoms with Gasteiger partial charge in [0.05, 0.1) is 19.1 Å². The highest BCUT2D eigenvalue weighted by Crippen LogP contribution is 2.27. The molecule has 0 amide bonds. The first-order valence-electron chi connectivity index (χ1n) is 7.94. The Morgan fingerprint density at radius 1 is 0.833 bits per heavy atom. The third-order valence-electron chi connectivity index (χ3n) is 4.07. The molecule has 0 aromatic heterocycles. The zero-order valence-corrected chi connectivity index (χ0v) is 13.1. The molecule has 0 unspecified atom stereocenters. The van der Waals surface area contributed by atoms with E-state index >= 15 is 0 Å². The summed E-state index contributed by atoms with van der Waals surface area (Å²) in [4.78, 5) is 4.02. The van der Waals surface area contributed by atoms with Crippen LogP contribution in [0.5, 0.6) is 0 Å². The van der Waals surface area contributed by atoms with Gasteiger partial charge in [0.25, 0.3) is 0 Å². The molecular formula is C20H16BNO2. The molecule has 0 aliphatic carbocycles. The highest BCUT2D eigenvalue weighted by molar-refractivity contribution is 6.64. The molecule has 3 aromatic rings. The molecule has 116 valence electrons.